The number of aromatic nitrogens is 1. The number of fused-ring (bicyclic) bond motifs is 1. The van der Waals surface area contributed by atoms with Crippen LogP contribution < -0.4 is 4.74 Å². The van der Waals surface area contributed by atoms with Crippen molar-refractivity contribution in [2.75, 3.05) is 13.4 Å². The molecule has 0 spiro atoms. The van der Waals surface area contributed by atoms with Gasteiger partial charge in [-0.05, 0) is 30.2 Å². The van der Waals surface area contributed by atoms with Crippen LogP contribution in [0.25, 0.3) is 10.9 Å². The summed E-state index contributed by atoms with van der Waals surface area (Å²) < 4.78 is 32.0. The fraction of sp³-hybridized carbons (Fsp3) is 0.357. The Morgan fingerprint density at radius 3 is 2.60 bits per heavy atom. The average molecular weight is 295 g/mol. The number of pyridine rings is 1. The normalized spacial score (nSPS) is 11.8. The van der Waals surface area contributed by atoms with Crippen LogP contribution in [0.1, 0.15) is 18.1 Å². The van der Waals surface area contributed by atoms with Gasteiger partial charge in [-0.1, -0.05) is 13.0 Å². The molecule has 0 amide bonds. The fourth-order valence-corrected chi connectivity index (χ4v) is 2.30. The first kappa shape index (κ1) is 14.7. The SMILES string of the molecule is CCc1cc2cc(COS(C)(=O)=O)ccc2nc1OC. The third-order valence-electron chi connectivity index (χ3n) is 2.93. The Labute approximate surface area is 118 Å². The largest absolute Gasteiger partial charge is 0.481 e. The zero-order valence-corrected chi connectivity index (χ0v) is 12.5. The molecule has 0 aliphatic carbocycles. The van der Waals surface area contributed by atoms with Crippen LogP contribution >= 0.6 is 0 Å². The molecule has 0 fully saturated rings. The van der Waals surface area contributed by atoms with E-state index in [2.05, 4.69) is 4.98 Å². The number of aryl methyl sites for hydroxylation is 1. The maximum absolute atomic E-state index is 11.0. The maximum atomic E-state index is 11.0. The molecule has 0 atom stereocenters. The first-order chi connectivity index (χ1) is 9.43. The number of rotatable bonds is 5. The monoisotopic (exact) mass is 295 g/mol. The molecule has 2 aromatic rings. The Kier molecular flexibility index (Phi) is 4.25. The average Bonchev–Trinajstić information content (AvgIpc) is 2.42. The van der Waals surface area contributed by atoms with E-state index in [1.54, 1.807) is 13.2 Å². The van der Waals surface area contributed by atoms with Gasteiger partial charge in [-0.3, -0.25) is 4.18 Å². The highest BCUT2D eigenvalue weighted by Gasteiger charge is 2.08. The van der Waals surface area contributed by atoms with Crippen molar-refractivity contribution in [3.8, 4) is 5.88 Å². The quantitative estimate of drug-likeness (QED) is 0.792. The zero-order valence-electron chi connectivity index (χ0n) is 11.7. The van der Waals surface area contributed by atoms with Crippen molar-refractivity contribution in [1.82, 2.24) is 4.98 Å². The standard InChI is InChI=1S/C14H17NO4S/c1-4-11-8-12-7-10(9-19-20(3,16)17)5-6-13(12)15-14(11)18-2/h5-8H,4,9H2,1-3H3. The van der Waals surface area contributed by atoms with E-state index in [0.717, 1.165) is 34.7 Å². The van der Waals surface area contributed by atoms with Crippen LogP contribution in [-0.4, -0.2) is 26.8 Å². The number of methoxy groups -OCH3 is 1. The summed E-state index contributed by atoms with van der Waals surface area (Å²) >= 11 is 0. The second-order valence-corrected chi connectivity index (χ2v) is 6.15. The van der Waals surface area contributed by atoms with Crippen molar-refractivity contribution in [2.45, 2.75) is 20.0 Å². The second-order valence-electron chi connectivity index (χ2n) is 4.50. The molecule has 0 saturated heterocycles. The summed E-state index contributed by atoms with van der Waals surface area (Å²) in [5.74, 6) is 0.625. The summed E-state index contributed by atoms with van der Waals surface area (Å²) in [6.45, 7) is 2.06. The van der Waals surface area contributed by atoms with Crippen LogP contribution in [-0.2, 0) is 27.3 Å². The van der Waals surface area contributed by atoms with Gasteiger partial charge in [0.1, 0.15) is 0 Å². The highest BCUT2D eigenvalue weighted by molar-refractivity contribution is 7.85. The van der Waals surface area contributed by atoms with Gasteiger partial charge in [-0.2, -0.15) is 8.42 Å². The van der Waals surface area contributed by atoms with E-state index in [-0.39, 0.29) is 6.61 Å². The maximum Gasteiger partial charge on any atom is 0.264 e. The van der Waals surface area contributed by atoms with Gasteiger partial charge in [0.2, 0.25) is 5.88 Å². The predicted molar refractivity (Wildman–Crippen MR) is 77.3 cm³/mol. The number of nitrogens with zero attached hydrogens (tertiary/aromatic N) is 1. The van der Waals surface area contributed by atoms with Gasteiger partial charge in [0, 0.05) is 10.9 Å². The Hall–Kier alpha value is -1.66. The molecule has 0 radical (unpaired) electrons. The fourth-order valence-electron chi connectivity index (χ4n) is 1.95. The van der Waals surface area contributed by atoms with Gasteiger partial charge >= 0.3 is 0 Å². The summed E-state index contributed by atoms with van der Waals surface area (Å²) in [6.07, 6.45) is 1.85. The molecule has 108 valence electrons. The van der Waals surface area contributed by atoms with Crippen LogP contribution in [0.5, 0.6) is 5.88 Å². The second kappa shape index (κ2) is 5.76. The number of ether oxygens (including phenoxy) is 1. The van der Waals surface area contributed by atoms with E-state index >= 15 is 0 Å². The van der Waals surface area contributed by atoms with Gasteiger partial charge in [0.15, 0.2) is 0 Å². The molecular formula is C14H17NO4S. The van der Waals surface area contributed by atoms with Gasteiger partial charge in [0.25, 0.3) is 10.1 Å². The lowest BCUT2D eigenvalue weighted by Gasteiger charge is -2.09. The van der Waals surface area contributed by atoms with Crippen LogP contribution in [0.15, 0.2) is 24.3 Å². The lowest BCUT2D eigenvalue weighted by molar-refractivity contribution is 0.312. The molecule has 0 N–H and O–H groups in total. The third kappa shape index (κ3) is 3.46. The van der Waals surface area contributed by atoms with Crippen molar-refractivity contribution in [1.29, 1.82) is 0 Å². The van der Waals surface area contributed by atoms with Crippen molar-refractivity contribution in [2.24, 2.45) is 0 Å². The topological polar surface area (TPSA) is 65.5 Å². The van der Waals surface area contributed by atoms with Crippen molar-refractivity contribution < 1.29 is 17.3 Å². The molecule has 1 aromatic heterocycles. The van der Waals surface area contributed by atoms with E-state index in [0.29, 0.717) is 5.88 Å². The molecule has 0 unspecified atom stereocenters. The van der Waals surface area contributed by atoms with Crippen LogP contribution in [0.3, 0.4) is 0 Å². The molecule has 1 heterocycles. The van der Waals surface area contributed by atoms with E-state index in [1.165, 1.54) is 0 Å². The molecule has 0 saturated carbocycles. The van der Waals surface area contributed by atoms with Gasteiger partial charge in [0.05, 0.1) is 25.5 Å². The first-order valence-electron chi connectivity index (χ1n) is 6.24. The van der Waals surface area contributed by atoms with Gasteiger partial charge in [-0.15, -0.1) is 0 Å². The molecular weight excluding hydrogens is 278 g/mol. The lowest BCUT2D eigenvalue weighted by Crippen LogP contribution is -2.02. The lowest BCUT2D eigenvalue weighted by atomic mass is 10.1. The molecule has 0 aliphatic heterocycles. The smallest absolute Gasteiger partial charge is 0.264 e. The molecule has 20 heavy (non-hydrogen) atoms. The Morgan fingerprint density at radius 1 is 1.25 bits per heavy atom. The number of hydrogen-bond acceptors (Lipinski definition) is 5. The minimum absolute atomic E-state index is 0.0300. The van der Waals surface area contributed by atoms with Crippen LogP contribution in [0.2, 0.25) is 0 Å². The first-order valence-corrected chi connectivity index (χ1v) is 8.05. The summed E-state index contributed by atoms with van der Waals surface area (Å²) in [5.41, 5.74) is 2.61. The molecule has 0 bridgehead atoms. The number of benzene rings is 1. The zero-order chi connectivity index (χ0) is 14.8. The van der Waals surface area contributed by atoms with Crippen molar-refractivity contribution >= 4 is 21.0 Å². The van der Waals surface area contributed by atoms with E-state index < -0.39 is 10.1 Å². The predicted octanol–water partition coefficient (Wildman–Crippen LogP) is 2.28. The summed E-state index contributed by atoms with van der Waals surface area (Å²) in [4.78, 5) is 4.43. The Balaban J connectivity index is 2.38. The van der Waals surface area contributed by atoms with E-state index in [1.807, 2.05) is 25.1 Å². The van der Waals surface area contributed by atoms with E-state index in [9.17, 15) is 8.42 Å². The van der Waals surface area contributed by atoms with Crippen molar-refractivity contribution in [3.05, 3.63) is 35.4 Å². The molecule has 1 aromatic carbocycles. The van der Waals surface area contributed by atoms with Gasteiger partial charge < -0.3 is 4.74 Å². The molecule has 2 rings (SSSR count). The summed E-state index contributed by atoms with van der Waals surface area (Å²) in [6, 6.07) is 7.51. The minimum Gasteiger partial charge on any atom is -0.481 e. The minimum atomic E-state index is -3.43. The number of hydrogen-bond donors (Lipinski definition) is 0. The third-order valence-corrected chi connectivity index (χ3v) is 3.48. The molecule has 0 aliphatic rings. The Bertz CT molecular complexity index is 725. The van der Waals surface area contributed by atoms with E-state index in [4.69, 9.17) is 8.92 Å². The Morgan fingerprint density at radius 2 is 2.00 bits per heavy atom. The summed E-state index contributed by atoms with van der Waals surface area (Å²) in [5, 5.41) is 0.942. The molecule has 5 nitrogen and oxygen atoms in total. The molecule has 6 heteroatoms. The van der Waals surface area contributed by atoms with Gasteiger partial charge in [-0.25, -0.2) is 4.98 Å². The highest BCUT2D eigenvalue weighted by atomic mass is 32.2. The summed E-state index contributed by atoms with van der Waals surface area (Å²) in [7, 11) is -1.84. The van der Waals surface area contributed by atoms with Crippen LogP contribution in [0.4, 0.5) is 0 Å². The van der Waals surface area contributed by atoms with Crippen molar-refractivity contribution in [3.63, 3.8) is 0 Å². The highest BCUT2D eigenvalue weighted by Crippen LogP contribution is 2.23. The van der Waals surface area contributed by atoms with Crippen LogP contribution in [0, 0.1) is 0 Å².